The standard InChI is InChI=1S/C13H24N2O2/c1-12(2,3)17-11(16)10-7-14-8-13(10)5-6-15(4)9-13/h10,14H,5-9H2,1-4H3. The van der Waals surface area contributed by atoms with Crippen LogP contribution in [0.1, 0.15) is 27.2 Å². The Hall–Kier alpha value is -0.610. The SMILES string of the molecule is CN1CCC2(CNCC2C(=O)OC(C)(C)C)C1. The van der Waals surface area contributed by atoms with E-state index in [0.717, 1.165) is 32.6 Å². The minimum atomic E-state index is -0.384. The number of rotatable bonds is 1. The van der Waals surface area contributed by atoms with Crippen LogP contribution in [0.3, 0.4) is 0 Å². The maximum absolute atomic E-state index is 12.2. The van der Waals surface area contributed by atoms with Crippen molar-refractivity contribution in [2.45, 2.75) is 32.8 Å². The molecule has 98 valence electrons. The maximum atomic E-state index is 12.2. The number of hydrogen-bond acceptors (Lipinski definition) is 4. The third-order valence-electron chi connectivity index (χ3n) is 3.83. The summed E-state index contributed by atoms with van der Waals surface area (Å²) in [6.45, 7) is 9.59. The van der Waals surface area contributed by atoms with E-state index in [4.69, 9.17) is 4.74 Å². The number of nitrogens with one attached hydrogen (secondary N) is 1. The van der Waals surface area contributed by atoms with E-state index in [1.165, 1.54) is 0 Å². The van der Waals surface area contributed by atoms with Crippen LogP contribution >= 0.6 is 0 Å². The molecule has 2 aliphatic heterocycles. The van der Waals surface area contributed by atoms with Crippen molar-refractivity contribution in [1.29, 1.82) is 0 Å². The number of hydrogen-bond donors (Lipinski definition) is 1. The smallest absolute Gasteiger partial charge is 0.311 e. The molecule has 4 nitrogen and oxygen atoms in total. The van der Waals surface area contributed by atoms with Gasteiger partial charge in [0.05, 0.1) is 5.92 Å². The second-order valence-corrected chi connectivity index (χ2v) is 6.57. The highest BCUT2D eigenvalue weighted by Crippen LogP contribution is 2.41. The molecule has 0 amide bonds. The zero-order valence-corrected chi connectivity index (χ0v) is 11.4. The summed E-state index contributed by atoms with van der Waals surface area (Å²) in [6, 6.07) is 0. The third-order valence-corrected chi connectivity index (χ3v) is 3.83. The van der Waals surface area contributed by atoms with Gasteiger partial charge in [0, 0.05) is 25.0 Å². The first-order valence-electron chi connectivity index (χ1n) is 6.45. The molecule has 0 bridgehead atoms. The molecule has 2 fully saturated rings. The average Bonchev–Trinajstić information content (AvgIpc) is 2.72. The van der Waals surface area contributed by atoms with Crippen LogP contribution < -0.4 is 5.32 Å². The lowest BCUT2D eigenvalue weighted by Crippen LogP contribution is -2.40. The first-order valence-corrected chi connectivity index (χ1v) is 6.45. The summed E-state index contributed by atoms with van der Waals surface area (Å²) in [5.41, 5.74) is -0.275. The molecule has 0 aromatic carbocycles. The van der Waals surface area contributed by atoms with Crippen LogP contribution in [-0.4, -0.2) is 49.7 Å². The van der Waals surface area contributed by atoms with Crippen molar-refractivity contribution in [3.8, 4) is 0 Å². The van der Waals surface area contributed by atoms with Gasteiger partial charge in [0.1, 0.15) is 5.60 Å². The summed E-state index contributed by atoms with van der Waals surface area (Å²) >= 11 is 0. The van der Waals surface area contributed by atoms with Crippen LogP contribution in [0.4, 0.5) is 0 Å². The fourth-order valence-corrected chi connectivity index (χ4v) is 3.05. The molecule has 2 rings (SSSR count). The lowest BCUT2D eigenvalue weighted by molar-refractivity contribution is -0.162. The highest BCUT2D eigenvalue weighted by molar-refractivity contribution is 5.75. The molecule has 1 spiro atoms. The van der Waals surface area contributed by atoms with Gasteiger partial charge in [-0.05, 0) is 40.8 Å². The first kappa shape index (κ1) is 12.8. The average molecular weight is 240 g/mol. The van der Waals surface area contributed by atoms with Gasteiger partial charge in [0.15, 0.2) is 0 Å². The van der Waals surface area contributed by atoms with Crippen LogP contribution in [0.5, 0.6) is 0 Å². The summed E-state index contributed by atoms with van der Waals surface area (Å²) in [7, 11) is 2.12. The van der Waals surface area contributed by atoms with Gasteiger partial charge in [-0.1, -0.05) is 0 Å². The van der Waals surface area contributed by atoms with E-state index in [9.17, 15) is 4.79 Å². The summed E-state index contributed by atoms with van der Waals surface area (Å²) in [5, 5.41) is 3.36. The van der Waals surface area contributed by atoms with E-state index in [2.05, 4.69) is 17.3 Å². The molecule has 1 N–H and O–H groups in total. The topological polar surface area (TPSA) is 41.6 Å². The predicted octanol–water partition coefficient (Wildman–Crippen LogP) is 0.869. The monoisotopic (exact) mass is 240 g/mol. The third kappa shape index (κ3) is 2.63. The molecule has 2 heterocycles. The van der Waals surface area contributed by atoms with Gasteiger partial charge in [-0.25, -0.2) is 0 Å². The van der Waals surface area contributed by atoms with Crippen LogP contribution in [0.15, 0.2) is 0 Å². The minimum Gasteiger partial charge on any atom is -0.460 e. The van der Waals surface area contributed by atoms with Crippen molar-refractivity contribution >= 4 is 5.97 Å². The Morgan fingerprint density at radius 2 is 2.18 bits per heavy atom. The molecular formula is C13H24N2O2. The normalized spacial score (nSPS) is 34.5. The molecule has 2 atom stereocenters. The molecule has 2 unspecified atom stereocenters. The van der Waals surface area contributed by atoms with E-state index < -0.39 is 0 Å². The van der Waals surface area contributed by atoms with Gasteiger partial charge in [-0.2, -0.15) is 0 Å². The highest BCUT2D eigenvalue weighted by atomic mass is 16.6. The number of carbonyl (C=O) groups is 1. The molecule has 17 heavy (non-hydrogen) atoms. The van der Waals surface area contributed by atoms with E-state index >= 15 is 0 Å². The van der Waals surface area contributed by atoms with Crippen molar-refractivity contribution in [3.05, 3.63) is 0 Å². The van der Waals surface area contributed by atoms with Gasteiger partial charge in [0.2, 0.25) is 0 Å². The Balaban J connectivity index is 2.07. The molecule has 4 heteroatoms. The van der Waals surface area contributed by atoms with Gasteiger partial charge in [-0.15, -0.1) is 0 Å². The number of likely N-dealkylation sites (tertiary alicyclic amines) is 1. The highest BCUT2D eigenvalue weighted by Gasteiger charge is 2.51. The minimum absolute atomic E-state index is 0.0201. The first-order chi connectivity index (χ1) is 7.82. The number of esters is 1. The van der Waals surface area contributed by atoms with E-state index in [-0.39, 0.29) is 22.9 Å². The molecule has 2 aliphatic rings. The Morgan fingerprint density at radius 3 is 2.71 bits per heavy atom. The molecule has 0 aromatic heterocycles. The zero-order valence-electron chi connectivity index (χ0n) is 11.4. The van der Waals surface area contributed by atoms with Gasteiger partial charge in [0.25, 0.3) is 0 Å². The molecule has 0 radical (unpaired) electrons. The van der Waals surface area contributed by atoms with Gasteiger partial charge >= 0.3 is 5.97 Å². The Kier molecular flexibility index (Phi) is 3.21. The molecular weight excluding hydrogens is 216 g/mol. The van der Waals surface area contributed by atoms with Crippen molar-refractivity contribution in [1.82, 2.24) is 10.2 Å². The molecule has 0 aromatic rings. The lowest BCUT2D eigenvalue weighted by atomic mass is 9.77. The van der Waals surface area contributed by atoms with Crippen molar-refractivity contribution < 1.29 is 9.53 Å². The number of nitrogens with zero attached hydrogens (tertiary/aromatic N) is 1. The summed E-state index contributed by atoms with van der Waals surface area (Å²) < 4.78 is 5.55. The fourth-order valence-electron chi connectivity index (χ4n) is 3.05. The summed E-state index contributed by atoms with van der Waals surface area (Å²) in [6.07, 6.45) is 1.10. The largest absolute Gasteiger partial charge is 0.460 e. The molecule has 0 aliphatic carbocycles. The Morgan fingerprint density at radius 1 is 1.47 bits per heavy atom. The Labute approximate surface area is 104 Å². The van der Waals surface area contributed by atoms with Gasteiger partial charge < -0.3 is 15.0 Å². The second kappa shape index (κ2) is 4.25. The quantitative estimate of drug-likeness (QED) is 0.691. The van der Waals surface area contributed by atoms with Gasteiger partial charge in [-0.3, -0.25) is 4.79 Å². The zero-order chi connectivity index (χ0) is 12.7. The molecule has 2 saturated heterocycles. The van der Waals surface area contributed by atoms with Crippen LogP contribution in [0.25, 0.3) is 0 Å². The van der Waals surface area contributed by atoms with Crippen molar-refractivity contribution in [2.75, 3.05) is 33.2 Å². The fraction of sp³-hybridized carbons (Fsp3) is 0.923. The predicted molar refractivity (Wildman–Crippen MR) is 66.8 cm³/mol. The number of carbonyl (C=O) groups excluding carboxylic acids is 1. The van der Waals surface area contributed by atoms with E-state index in [1.54, 1.807) is 0 Å². The maximum Gasteiger partial charge on any atom is 0.311 e. The summed E-state index contributed by atoms with van der Waals surface area (Å²) in [5.74, 6) is -0.00975. The number of ether oxygens (including phenoxy) is 1. The van der Waals surface area contributed by atoms with Crippen molar-refractivity contribution in [2.24, 2.45) is 11.3 Å². The molecule has 0 saturated carbocycles. The van der Waals surface area contributed by atoms with E-state index in [0.29, 0.717) is 0 Å². The van der Waals surface area contributed by atoms with Crippen LogP contribution in [0.2, 0.25) is 0 Å². The van der Waals surface area contributed by atoms with Crippen LogP contribution in [-0.2, 0) is 9.53 Å². The van der Waals surface area contributed by atoms with E-state index in [1.807, 2.05) is 20.8 Å². The lowest BCUT2D eigenvalue weighted by Gasteiger charge is -2.31. The van der Waals surface area contributed by atoms with Crippen LogP contribution in [0, 0.1) is 11.3 Å². The summed E-state index contributed by atoms with van der Waals surface area (Å²) in [4.78, 5) is 14.6. The van der Waals surface area contributed by atoms with Crippen molar-refractivity contribution in [3.63, 3.8) is 0 Å². The second-order valence-electron chi connectivity index (χ2n) is 6.57. The Bertz CT molecular complexity index is 311.